The summed E-state index contributed by atoms with van der Waals surface area (Å²) in [7, 11) is -1.31. The molecule has 0 spiro atoms. The maximum Gasteiger partial charge on any atom is 0.163 e. The van der Waals surface area contributed by atoms with Gasteiger partial charge in [0, 0.05) is 91.4 Å². The monoisotopic (exact) mass is 918 g/mol. The van der Waals surface area contributed by atoms with Crippen molar-refractivity contribution in [3.8, 4) is 0 Å². The first-order valence-corrected chi connectivity index (χ1v) is 23.3. The van der Waals surface area contributed by atoms with E-state index in [-0.39, 0.29) is 35.0 Å². The zero-order valence-electron chi connectivity index (χ0n) is 34.4. The Bertz CT molecular complexity index is 2020. The molecule has 0 aromatic carbocycles. The molecule has 0 saturated carbocycles. The molecule has 332 valence electrons. The molecule has 4 aromatic heterocycles. The molecule has 6 rings (SSSR count). The van der Waals surface area contributed by atoms with Gasteiger partial charge in [-0.25, -0.2) is 36.8 Å². The summed E-state index contributed by atoms with van der Waals surface area (Å²) in [4.78, 5) is 16.4. The third-order valence-corrected chi connectivity index (χ3v) is 14.8. The van der Waals surface area contributed by atoms with Gasteiger partial charge < -0.3 is 37.6 Å². The summed E-state index contributed by atoms with van der Waals surface area (Å²) in [5, 5.41) is 15.8. The normalized spacial score (nSPS) is 19.1. The van der Waals surface area contributed by atoms with Crippen molar-refractivity contribution in [1.29, 1.82) is 0 Å². The predicted molar refractivity (Wildman–Crippen MR) is 218 cm³/mol. The van der Waals surface area contributed by atoms with E-state index in [1.165, 1.54) is 39.0 Å². The van der Waals surface area contributed by atoms with Gasteiger partial charge in [-0.1, -0.05) is 23.2 Å². The highest BCUT2D eigenvalue weighted by Crippen LogP contribution is 2.30. The molecule has 0 aliphatic carbocycles. The molecule has 2 aliphatic rings. The van der Waals surface area contributed by atoms with Crippen LogP contribution < -0.4 is 0 Å². The summed E-state index contributed by atoms with van der Waals surface area (Å²) in [6, 6.07) is 0. The number of hydrogen-bond donors (Lipinski definition) is 0. The summed E-state index contributed by atoms with van der Waals surface area (Å²) >= 11 is 11.7. The van der Waals surface area contributed by atoms with Gasteiger partial charge in [0.1, 0.15) is 47.0 Å². The second kappa shape index (κ2) is 22.2. The van der Waals surface area contributed by atoms with E-state index in [1.807, 2.05) is 9.13 Å². The smallest absolute Gasteiger partial charge is 0.163 e. The van der Waals surface area contributed by atoms with Crippen molar-refractivity contribution >= 4 is 42.9 Å². The van der Waals surface area contributed by atoms with Crippen LogP contribution in [-0.4, -0.2) is 145 Å². The van der Waals surface area contributed by atoms with Crippen LogP contribution in [-0.2, 0) is 72.7 Å². The van der Waals surface area contributed by atoms with Gasteiger partial charge in [-0.15, -0.1) is 20.4 Å². The lowest BCUT2D eigenvalue weighted by atomic mass is 10.1. The third kappa shape index (κ3) is 12.0. The fourth-order valence-corrected chi connectivity index (χ4v) is 9.88. The van der Waals surface area contributed by atoms with Gasteiger partial charge in [0.2, 0.25) is 0 Å². The van der Waals surface area contributed by atoms with Gasteiger partial charge in [-0.3, -0.25) is 0 Å². The zero-order valence-corrected chi connectivity index (χ0v) is 37.5. The molecule has 2 aliphatic heterocycles. The minimum atomic E-state index is -3.67. The maximum atomic E-state index is 13.2. The van der Waals surface area contributed by atoms with Crippen LogP contribution >= 0.6 is 23.2 Å². The van der Waals surface area contributed by atoms with Crippen molar-refractivity contribution in [3.05, 3.63) is 69.8 Å². The molecule has 4 aromatic rings. The van der Waals surface area contributed by atoms with Crippen LogP contribution in [0.1, 0.15) is 85.7 Å². The molecule has 24 heteroatoms. The van der Waals surface area contributed by atoms with E-state index in [0.29, 0.717) is 74.4 Å². The van der Waals surface area contributed by atoms with Gasteiger partial charge in [0.25, 0.3) is 0 Å². The molecule has 2 fully saturated rings. The number of nitrogens with zero attached hydrogens (tertiary/aromatic N) is 10. The average molecular weight is 920 g/mol. The fraction of sp³-hybridized carbons (Fsp3) is 0.667. The second-order valence-corrected chi connectivity index (χ2v) is 19.8. The molecule has 0 bridgehead atoms. The lowest BCUT2D eigenvalue weighted by Gasteiger charge is -2.21. The highest BCUT2D eigenvalue weighted by Gasteiger charge is 2.37. The molecule has 0 N–H and O–H groups in total. The predicted octanol–water partition coefficient (Wildman–Crippen LogP) is 3.13. The Morgan fingerprint density at radius 2 is 1.02 bits per heavy atom. The Kier molecular flexibility index (Phi) is 17.6. The van der Waals surface area contributed by atoms with E-state index >= 15 is 0 Å². The Morgan fingerprint density at radius 3 is 1.32 bits per heavy atom. The van der Waals surface area contributed by atoms with Crippen LogP contribution in [0.25, 0.3) is 0 Å². The highest BCUT2D eigenvalue weighted by molar-refractivity contribution is 7.91. The van der Waals surface area contributed by atoms with Crippen molar-refractivity contribution < 1.29 is 45.3 Å². The van der Waals surface area contributed by atoms with Gasteiger partial charge in [0.15, 0.2) is 31.3 Å². The fourth-order valence-electron chi connectivity index (χ4n) is 6.80. The summed E-state index contributed by atoms with van der Waals surface area (Å²) in [6.45, 7) is 7.31. The van der Waals surface area contributed by atoms with Crippen LogP contribution in [0.15, 0.2) is 24.8 Å². The number of aromatic nitrogens is 10. The van der Waals surface area contributed by atoms with E-state index in [2.05, 4.69) is 40.3 Å². The van der Waals surface area contributed by atoms with E-state index in [0.717, 1.165) is 24.5 Å². The molecule has 0 radical (unpaired) electrons. The van der Waals surface area contributed by atoms with Crippen molar-refractivity contribution in [2.24, 2.45) is 0 Å². The maximum absolute atomic E-state index is 13.2. The molecule has 0 unspecified atom stereocenters. The Morgan fingerprint density at radius 1 is 0.650 bits per heavy atom. The second-order valence-electron chi connectivity index (χ2n) is 14.2. The van der Waals surface area contributed by atoms with Crippen molar-refractivity contribution in [2.45, 2.75) is 85.8 Å². The highest BCUT2D eigenvalue weighted by atomic mass is 35.5. The molecular formula is C36H52Cl2N10O10S2. The topological polar surface area (TPSA) is 237 Å². The summed E-state index contributed by atoms with van der Waals surface area (Å²) in [5.41, 5.74) is 0. The molecule has 0 amide bonds. The molecular weight excluding hydrogens is 867 g/mol. The quantitative estimate of drug-likeness (QED) is 0.124. The van der Waals surface area contributed by atoms with E-state index in [4.69, 9.17) is 51.6 Å². The molecule has 60 heavy (non-hydrogen) atoms. The first kappa shape index (κ1) is 47.7. The first-order valence-electron chi connectivity index (χ1n) is 19.1. The van der Waals surface area contributed by atoms with Crippen molar-refractivity contribution in [2.75, 3.05) is 68.1 Å². The number of methoxy groups -OCH3 is 4. The Balaban J connectivity index is 0.000000228. The van der Waals surface area contributed by atoms with Crippen molar-refractivity contribution in [3.63, 3.8) is 0 Å². The average Bonchev–Trinajstić information content (AvgIpc) is 4.07. The van der Waals surface area contributed by atoms with Crippen LogP contribution in [0.4, 0.5) is 0 Å². The zero-order chi connectivity index (χ0) is 43.5. The Hall–Kier alpha value is -3.32. The number of halogens is 2. The molecule has 2 saturated heterocycles. The number of rotatable bonds is 20. The Labute approximate surface area is 359 Å². The first-order chi connectivity index (χ1) is 28.7. The van der Waals surface area contributed by atoms with Gasteiger partial charge in [-0.05, 0) is 26.7 Å². The van der Waals surface area contributed by atoms with E-state index < -0.39 is 42.4 Å². The standard InChI is InChI=1S/2C18H26ClN5O5S/c2*1-12(16(28-3)17-20-8-14(19)9-21-17)30(25,26)11-15-22-23-18(13-4-6-29-10-13)24(15)5-7-27-2/h2*8-9,12-13,16H,4-7,10-11H2,1-3H3/t12-,13+,16-;12-,13-,16-/m00/s1. The van der Waals surface area contributed by atoms with Gasteiger partial charge in [-0.2, -0.15) is 0 Å². The van der Waals surface area contributed by atoms with Crippen LogP contribution in [0.3, 0.4) is 0 Å². The summed E-state index contributed by atoms with van der Waals surface area (Å²) in [6.07, 6.45) is 5.61. The van der Waals surface area contributed by atoms with Crippen LogP contribution in [0, 0.1) is 0 Å². The van der Waals surface area contributed by atoms with E-state index in [1.54, 1.807) is 28.1 Å². The van der Waals surface area contributed by atoms with Crippen molar-refractivity contribution in [1.82, 2.24) is 49.5 Å². The number of hydrogen-bond acceptors (Lipinski definition) is 18. The van der Waals surface area contributed by atoms with Gasteiger partial charge in [0.05, 0.1) is 47.0 Å². The largest absolute Gasteiger partial charge is 0.383 e. The minimum absolute atomic E-state index is 0.0948. The van der Waals surface area contributed by atoms with E-state index in [9.17, 15) is 16.8 Å². The third-order valence-electron chi connectivity index (χ3n) is 10.3. The summed E-state index contributed by atoms with van der Waals surface area (Å²) < 4.78 is 88.6. The van der Waals surface area contributed by atoms with Crippen LogP contribution in [0.2, 0.25) is 10.0 Å². The molecule has 6 heterocycles. The lowest BCUT2D eigenvalue weighted by Crippen LogP contribution is -2.30. The SMILES string of the molecule is COCCn1c(CS(=O)(=O)[C@@H](C)[C@H](OC)c2ncc(Cl)cn2)nnc1[C@@H]1CCOC1.COCCn1c(CS(=O)(=O)[C@@H](C)[C@H](OC)c2ncc(Cl)cn2)nnc1[C@H]1CCOC1. The lowest BCUT2D eigenvalue weighted by molar-refractivity contribution is 0.0947. The minimum Gasteiger partial charge on any atom is -0.383 e. The van der Waals surface area contributed by atoms with Gasteiger partial charge >= 0.3 is 0 Å². The van der Waals surface area contributed by atoms with Crippen LogP contribution in [0.5, 0.6) is 0 Å². The molecule has 6 atom stereocenters. The molecule has 20 nitrogen and oxygen atoms in total. The summed E-state index contributed by atoms with van der Waals surface area (Å²) in [5.74, 6) is 2.32. The number of sulfone groups is 2. The number of ether oxygens (including phenoxy) is 6.